The third-order valence-corrected chi connectivity index (χ3v) is 4.89. The fraction of sp³-hybridized carbons (Fsp3) is 0.150. The molecule has 154 valence electrons. The second-order valence-corrected chi connectivity index (χ2v) is 7.07. The van der Waals surface area contributed by atoms with Crippen LogP contribution in [0.5, 0.6) is 11.5 Å². The van der Waals surface area contributed by atoms with Crippen molar-refractivity contribution >= 4 is 34.1 Å². The molecule has 0 atom stereocenters. The van der Waals surface area contributed by atoms with Gasteiger partial charge in [-0.05, 0) is 29.8 Å². The first kappa shape index (κ1) is 20.9. The summed E-state index contributed by atoms with van der Waals surface area (Å²) in [5.74, 6) is 0.798. The first-order valence-corrected chi connectivity index (χ1v) is 9.57. The number of aromatic nitrogens is 2. The van der Waals surface area contributed by atoms with Crippen molar-refractivity contribution in [3.8, 4) is 11.5 Å². The highest BCUT2D eigenvalue weighted by atomic mass is 32.1. The zero-order chi connectivity index (χ0) is 21.5. The number of nitro benzene ring substituents is 1. The molecule has 1 amide bonds. The highest BCUT2D eigenvalue weighted by Crippen LogP contribution is 2.29. The molecule has 0 fully saturated rings. The van der Waals surface area contributed by atoms with Crippen molar-refractivity contribution < 1.29 is 19.2 Å². The van der Waals surface area contributed by atoms with E-state index in [4.69, 9.17) is 9.47 Å². The minimum Gasteiger partial charge on any atom is -0.493 e. The number of ether oxygens (including phenoxy) is 2. The lowest BCUT2D eigenvalue weighted by Crippen LogP contribution is -2.07. The fourth-order valence-electron chi connectivity index (χ4n) is 2.65. The summed E-state index contributed by atoms with van der Waals surface area (Å²) in [7, 11) is 3.14. The van der Waals surface area contributed by atoms with Gasteiger partial charge >= 0.3 is 0 Å². The molecule has 1 aromatic heterocycles. The Bertz CT molecular complexity index is 1100. The summed E-state index contributed by atoms with van der Waals surface area (Å²) in [6, 6.07) is 11.7. The Labute approximate surface area is 176 Å². The summed E-state index contributed by atoms with van der Waals surface area (Å²) in [5.41, 5.74) is 1.22. The molecule has 0 aliphatic heterocycles. The van der Waals surface area contributed by atoms with E-state index in [9.17, 15) is 14.9 Å². The van der Waals surface area contributed by atoms with Crippen molar-refractivity contribution in [1.29, 1.82) is 0 Å². The minimum atomic E-state index is -0.497. The Kier molecular flexibility index (Phi) is 6.71. The second kappa shape index (κ2) is 9.61. The van der Waals surface area contributed by atoms with E-state index in [1.165, 1.54) is 29.6 Å². The van der Waals surface area contributed by atoms with Gasteiger partial charge in [0.1, 0.15) is 5.01 Å². The number of nitrogens with one attached hydrogen (secondary N) is 1. The van der Waals surface area contributed by atoms with Crippen LogP contribution in [0.15, 0.2) is 48.5 Å². The summed E-state index contributed by atoms with van der Waals surface area (Å²) in [6.07, 6.45) is 3.12. The Morgan fingerprint density at radius 2 is 1.93 bits per heavy atom. The molecule has 30 heavy (non-hydrogen) atoms. The maximum Gasteiger partial charge on any atom is 0.276 e. The summed E-state index contributed by atoms with van der Waals surface area (Å²) in [5, 5.41) is 22.7. The van der Waals surface area contributed by atoms with Crippen LogP contribution in [0.3, 0.4) is 0 Å². The van der Waals surface area contributed by atoms with Crippen LogP contribution in [0.25, 0.3) is 6.08 Å². The summed E-state index contributed by atoms with van der Waals surface area (Å²) >= 11 is 1.24. The normalized spacial score (nSPS) is 10.7. The van der Waals surface area contributed by atoms with Gasteiger partial charge < -0.3 is 9.47 Å². The van der Waals surface area contributed by atoms with Gasteiger partial charge in [0.05, 0.1) is 24.7 Å². The van der Waals surface area contributed by atoms with Gasteiger partial charge in [-0.3, -0.25) is 20.2 Å². The van der Waals surface area contributed by atoms with Crippen molar-refractivity contribution in [3.63, 3.8) is 0 Å². The summed E-state index contributed by atoms with van der Waals surface area (Å²) in [6.45, 7) is 0. The predicted octanol–water partition coefficient (Wildman–Crippen LogP) is 3.71. The Balaban J connectivity index is 1.64. The van der Waals surface area contributed by atoms with Crippen molar-refractivity contribution in [3.05, 3.63) is 74.8 Å². The Morgan fingerprint density at radius 3 is 2.67 bits per heavy atom. The van der Waals surface area contributed by atoms with Gasteiger partial charge in [0.25, 0.3) is 5.69 Å². The Hall–Kier alpha value is -3.79. The van der Waals surface area contributed by atoms with E-state index in [0.717, 1.165) is 5.56 Å². The molecule has 3 rings (SSSR count). The Morgan fingerprint density at radius 1 is 1.17 bits per heavy atom. The number of amides is 1. The third-order valence-electron chi connectivity index (χ3n) is 4.05. The summed E-state index contributed by atoms with van der Waals surface area (Å²) in [4.78, 5) is 22.7. The van der Waals surface area contributed by atoms with Gasteiger partial charge in [0.2, 0.25) is 11.0 Å². The van der Waals surface area contributed by atoms with Crippen LogP contribution in [-0.2, 0) is 11.2 Å². The second-order valence-electron chi connectivity index (χ2n) is 6.01. The van der Waals surface area contributed by atoms with Crippen molar-refractivity contribution in [2.75, 3.05) is 19.5 Å². The number of benzene rings is 2. The van der Waals surface area contributed by atoms with Crippen LogP contribution < -0.4 is 14.8 Å². The van der Waals surface area contributed by atoms with Crippen molar-refractivity contribution in [2.45, 2.75) is 6.42 Å². The molecule has 0 saturated carbocycles. The van der Waals surface area contributed by atoms with E-state index >= 15 is 0 Å². The fourth-order valence-corrected chi connectivity index (χ4v) is 3.42. The molecule has 1 N–H and O–H groups in total. The van der Waals surface area contributed by atoms with Crippen LogP contribution in [0, 0.1) is 10.1 Å². The molecule has 2 aromatic carbocycles. The lowest BCUT2D eigenvalue weighted by atomic mass is 10.1. The van der Waals surface area contributed by atoms with E-state index < -0.39 is 10.8 Å². The molecule has 0 saturated heterocycles. The van der Waals surface area contributed by atoms with Gasteiger partial charge in [-0.1, -0.05) is 29.5 Å². The van der Waals surface area contributed by atoms with E-state index in [-0.39, 0.29) is 5.69 Å². The number of para-hydroxylation sites is 1. The summed E-state index contributed by atoms with van der Waals surface area (Å²) < 4.78 is 10.5. The number of rotatable bonds is 8. The van der Waals surface area contributed by atoms with Crippen molar-refractivity contribution in [2.24, 2.45) is 0 Å². The first-order valence-electron chi connectivity index (χ1n) is 8.76. The van der Waals surface area contributed by atoms with Crippen molar-refractivity contribution in [1.82, 2.24) is 10.2 Å². The van der Waals surface area contributed by atoms with Gasteiger partial charge in [-0.15, -0.1) is 10.2 Å². The molecule has 0 unspecified atom stereocenters. The van der Waals surface area contributed by atoms with Gasteiger partial charge in [-0.2, -0.15) is 0 Å². The lowest BCUT2D eigenvalue weighted by molar-refractivity contribution is -0.385. The zero-order valence-corrected chi connectivity index (χ0v) is 17.0. The molecule has 3 aromatic rings. The van der Waals surface area contributed by atoms with Gasteiger partial charge in [0, 0.05) is 18.6 Å². The highest BCUT2D eigenvalue weighted by molar-refractivity contribution is 7.15. The first-order chi connectivity index (χ1) is 14.5. The topological polar surface area (TPSA) is 116 Å². The lowest BCUT2D eigenvalue weighted by Gasteiger charge is -2.08. The molecular weight excluding hydrogens is 408 g/mol. The number of nitrogens with zero attached hydrogens (tertiary/aromatic N) is 3. The highest BCUT2D eigenvalue weighted by Gasteiger charge is 2.12. The zero-order valence-electron chi connectivity index (χ0n) is 16.2. The van der Waals surface area contributed by atoms with Crippen LogP contribution in [0.2, 0.25) is 0 Å². The van der Waals surface area contributed by atoms with Crippen LogP contribution in [0.4, 0.5) is 10.8 Å². The van der Waals surface area contributed by atoms with E-state index in [0.29, 0.717) is 33.6 Å². The SMILES string of the molecule is COc1ccc(Cc2nnc(NC(=O)C=Cc3ccccc3[N+](=O)[O-])s2)cc1OC. The smallest absolute Gasteiger partial charge is 0.276 e. The van der Waals surface area contributed by atoms with Crippen LogP contribution >= 0.6 is 11.3 Å². The average molecular weight is 426 g/mol. The van der Waals surface area contributed by atoms with E-state index in [1.54, 1.807) is 32.4 Å². The molecule has 1 heterocycles. The molecule has 0 radical (unpaired) electrons. The molecule has 0 aliphatic rings. The number of nitro groups is 1. The minimum absolute atomic E-state index is 0.0744. The monoisotopic (exact) mass is 426 g/mol. The maximum absolute atomic E-state index is 12.1. The number of anilines is 1. The van der Waals surface area contributed by atoms with E-state index in [1.807, 2.05) is 18.2 Å². The predicted molar refractivity (Wildman–Crippen MR) is 113 cm³/mol. The molecule has 9 nitrogen and oxygen atoms in total. The third kappa shape index (κ3) is 5.17. The molecule has 0 bridgehead atoms. The molecule has 0 spiro atoms. The maximum atomic E-state index is 12.1. The standard InChI is InChI=1S/C20H18N4O5S/c1-28-16-9-7-13(11-17(16)29-2)12-19-22-23-20(30-19)21-18(25)10-8-14-5-3-4-6-15(14)24(26)27/h3-11H,12H2,1-2H3,(H,21,23,25). The van der Waals surface area contributed by atoms with Crippen LogP contribution in [0.1, 0.15) is 16.1 Å². The number of carbonyl (C=O) groups excluding carboxylic acids is 1. The van der Waals surface area contributed by atoms with Crippen LogP contribution in [-0.4, -0.2) is 35.2 Å². The van der Waals surface area contributed by atoms with Gasteiger partial charge in [-0.25, -0.2) is 0 Å². The van der Waals surface area contributed by atoms with E-state index in [2.05, 4.69) is 15.5 Å². The van der Waals surface area contributed by atoms with Gasteiger partial charge in [0.15, 0.2) is 11.5 Å². The largest absolute Gasteiger partial charge is 0.493 e. The average Bonchev–Trinajstić information content (AvgIpc) is 3.18. The number of methoxy groups -OCH3 is 2. The molecular formula is C20H18N4O5S. The number of hydrogen-bond acceptors (Lipinski definition) is 8. The quantitative estimate of drug-likeness (QED) is 0.331. The molecule has 0 aliphatic carbocycles. The number of carbonyl (C=O) groups is 1. The number of hydrogen-bond donors (Lipinski definition) is 1. The molecule has 10 heteroatoms.